The number of carbonyl (C=O) groups excluding carboxylic acids is 1. The van der Waals surface area contributed by atoms with Crippen molar-refractivity contribution < 1.29 is 19.4 Å². The van der Waals surface area contributed by atoms with Crippen LogP contribution in [0.1, 0.15) is 49.1 Å². The highest BCUT2D eigenvalue weighted by Crippen LogP contribution is 2.18. The number of hydrogen-bond donors (Lipinski definition) is 2. The molecule has 0 aliphatic carbocycles. The summed E-state index contributed by atoms with van der Waals surface area (Å²) >= 11 is 0. The van der Waals surface area contributed by atoms with Crippen LogP contribution in [0.15, 0.2) is 4.79 Å². The van der Waals surface area contributed by atoms with E-state index >= 15 is 0 Å². The van der Waals surface area contributed by atoms with E-state index in [4.69, 9.17) is 9.84 Å². The number of aromatic amines is 1. The molecule has 1 saturated heterocycles. The van der Waals surface area contributed by atoms with Gasteiger partial charge in [-0.3, -0.25) is 14.4 Å². The topological polar surface area (TPSA) is 113 Å². The Kier molecular flexibility index (Phi) is 5.08. The van der Waals surface area contributed by atoms with Gasteiger partial charge in [-0.1, -0.05) is 20.8 Å². The summed E-state index contributed by atoms with van der Waals surface area (Å²) in [5.74, 6) is -0.910. The van der Waals surface area contributed by atoms with E-state index in [2.05, 4.69) is 9.97 Å². The quantitative estimate of drug-likeness (QED) is 0.839. The minimum atomic E-state index is -0.987. The van der Waals surface area contributed by atoms with E-state index < -0.39 is 23.5 Å². The fourth-order valence-corrected chi connectivity index (χ4v) is 2.57. The standard InChI is InChI=1S/C16H23N3O5/c1-9-12(13(22)18-15(17-9)16(2,3)4)14(23)19-5-6-24-10(8-19)7-11(20)21/h10H,5-8H2,1-4H3,(H,20,21)(H,17,18,22). The Hall–Kier alpha value is -2.22. The number of aliphatic carboxylic acids is 1. The largest absolute Gasteiger partial charge is 0.481 e. The maximum Gasteiger partial charge on any atom is 0.306 e. The Balaban J connectivity index is 2.26. The van der Waals surface area contributed by atoms with Crippen molar-refractivity contribution in [1.82, 2.24) is 14.9 Å². The van der Waals surface area contributed by atoms with Gasteiger partial charge in [0.1, 0.15) is 11.4 Å². The van der Waals surface area contributed by atoms with Gasteiger partial charge in [-0.2, -0.15) is 0 Å². The first-order chi connectivity index (χ1) is 11.1. The molecule has 1 aromatic rings. The van der Waals surface area contributed by atoms with E-state index in [-0.39, 0.29) is 30.6 Å². The van der Waals surface area contributed by atoms with Gasteiger partial charge in [0.2, 0.25) is 0 Å². The molecule has 1 aliphatic rings. The molecule has 8 nitrogen and oxygen atoms in total. The first-order valence-corrected chi connectivity index (χ1v) is 7.83. The predicted octanol–water partition coefficient (Wildman–Crippen LogP) is 0.692. The second kappa shape index (κ2) is 6.72. The molecule has 24 heavy (non-hydrogen) atoms. The Labute approximate surface area is 139 Å². The summed E-state index contributed by atoms with van der Waals surface area (Å²) in [7, 11) is 0. The lowest BCUT2D eigenvalue weighted by Crippen LogP contribution is -2.48. The van der Waals surface area contributed by atoms with Gasteiger partial charge in [0.15, 0.2) is 0 Å². The average molecular weight is 337 g/mol. The first kappa shape index (κ1) is 18.1. The van der Waals surface area contributed by atoms with Gasteiger partial charge in [0.25, 0.3) is 11.5 Å². The summed E-state index contributed by atoms with van der Waals surface area (Å²) in [6.45, 7) is 8.10. The van der Waals surface area contributed by atoms with Crippen LogP contribution in [0.25, 0.3) is 0 Å². The third-order valence-electron chi connectivity index (χ3n) is 3.85. The summed E-state index contributed by atoms with van der Waals surface area (Å²) in [4.78, 5) is 44.4. The maximum absolute atomic E-state index is 12.7. The molecular weight excluding hydrogens is 314 g/mol. The summed E-state index contributed by atoms with van der Waals surface area (Å²) in [5.41, 5.74) is -0.440. The van der Waals surface area contributed by atoms with Crippen LogP contribution < -0.4 is 5.56 Å². The maximum atomic E-state index is 12.7. The molecule has 0 spiro atoms. The molecule has 0 saturated carbocycles. The minimum Gasteiger partial charge on any atom is -0.481 e. The third-order valence-corrected chi connectivity index (χ3v) is 3.85. The van der Waals surface area contributed by atoms with Crippen LogP contribution in [0.2, 0.25) is 0 Å². The molecule has 0 bridgehead atoms. The van der Waals surface area contributed by atoms with Gasteiger partial charge in [-0.25, -0.2) is 4.98 Å². The van der Waals surface area contributed by atoms with Crippen LogP contribution in [0.3, 0.4) is 0 Å². The molecule has 2 rings (SSSR count). The van der Waals surface area contributed by atoms with Gasteiger partial charge in [-0.05, 0) is 6.92 Å². The Morgan fingerprint density at radius 2 is 2.08 bits per heavy atom. The first-order valence-electron chi connectivity index (χ1n) is 7.83. The normalized spacial score (nSPS) is 18.5. The molecule has 8 heteroatoms. The van der Waals surface area contributed by atoms with Crippen LogP contribution in [-0.2, 0) is 14.9 Å². The van der Waals surface area contributed by atoms with Gasteiger partial charge >= 0.3 is 5.97 Å². The number of amides is 1. The molecule has 0 radical (unpaired) electrons. The lowest BCUT2D eigenvalue weighted by atomic mass is 9.95. The Morgan fingerprint density at radius 3 is 2.62 bits per heavy atom. The number of carbonyl (C=O) groups is 2. The molecule has 2 N–H and O–H groups in total. The van der Waals surface area contributed by atoms with Crippen LogP contribution in [-0.4, -0.2) is 57.7 Å². The van der Waals surface area contributed by atoms with E-state index in [0.29, 0.717) is 18.1 Å². The van der Waals surface area contributed by atoms with E-state index in [1.807, 2.05) is 20.8 Å². The Bertz CT molecular complexity index is 705. The number of morpholine rings is 1. The molecule has 1 aromatic heterocycles. The molecular formula is C16H23N3O5. The monoisotopic (exact) mass is 337 g/mol. The number of aryl methyl sites for hydroxylation is 1. The van der Waals surface area contributed by atoms with Gasteiger partial charge in [0, 0.05) is 18.5 Å². The highest BCUT2D eigenvalue weighted by Gasteiger charge is 2.30. The number of ether oxygens (including phenoxy) is 1. The SMILES string of the molecule is Cc1nc(C(C)(C)C)[nH]c(=O)c1C(=O)N1CCOC(CC(=O)O)C1. The van der Waals surface area contributed by atoms with Crippen molar-refractivity contribution in [3.05, 3.63) is 27.4 Å². The predicted molar refractivity (Wildman–Crippen MR) is 86.2 cm³/mol. The van der Waals surface area contributed by atoms with Crippen LogP contribution in [0.4, 0.5) is 0 Å². The van der Waals surface area contributed by atoms with E-state index in [1.54, 1.807) is 6.92 Å². The number of nitrogens with one attached hydrogen (secondary N) is 1. The number of carboxylic acids is 1. The highest BCUT2D eigenvalue weighted by atomic mass is 16.5. The van der Waals surface area contributed by atoms with Gasteiger partial charge < -0.3 is 19.7 Å². The number of nitrogens with zero attached hydrogens (tertiary/aromatic N) is 2. The summed E-state index contributed by atoms with van der Waals surface area (Å²) in [6, 6.07) is 0. The van der Waals surface area contributed by atoms with Crippen molar-refractivity contribution in [2.75, 3.05) is 19.7 Å². The van der Waals surface area contributed by atoms with Crippen molar-refractivity contribution in [2.45, 2.75) is 45.6 Å². The van der Waals surface area contributed by atoms with Crippen LogP contribution >= 0.6 is 0 Å². The molecule has 1 atom stereocenters. The second-order valence-corrected chi connectivity index (χ2v) is 6.97. The van der Waals surface area contributed by atoms with Crippen molar-refractivity contribution in [3.63, 3.8) is 0 Å². The third kappa shape index (κ3) is 4.00. The molecule has 1 unspecified atom stereocenters. The zero-order valence-electron chi connectivity index (χ0n) is 14.4. The molecule has 1 aliphatic heterocycles. The lowest BCUT2D eigenvalue weighted by Gasteiger charge is -2.32. The number of rotatable bonds is 3. The summed E-state index contributed by atoms with van der Waals surface area (Å²) in [6.07, 6.45) is -0.748. The number of H-pyrrole nitrogens is 1. The summed E-state index contributed by atoms with van der Waals surface area (Å²) < 4.78 is 5.35. The highest BCUT2D eigenvalue weighted by molar-refractivity contribution is 5.95. The smallest absolute Gasteiger partial charge is 0.306 e. The summed E-state index contributed by atoms with van der Waals surface area (Å²) in [5, 5.41) is 8.85. The van der Waals surface area contributed by atoms with Gasteiger partial charge in [0.05, 0.1) is 24.8 Å². The van der Waals surface area contributed by atoms with E-state index in [1.165, 1.54) is 4.90 Å². The Morgan fingerprint density at radius 1 is 1.42 bits per heavy atom. The van der Waals surface area contributed by atoms with Crippen LogP contribution in [0.5, 0.6) is 0 Å². The van der Waals surface area contributed by atoms with Crippen molar-refractivity contribution >= 4 is 11.9 Å². The van der Waals surface area contributed by atoms with Gasteiger partial charge in [-0.15, -0.1) is 0 Å². The number of aromatic nitrogens is 2. The lowest BCUT2D eigenvalue weighted by molar-refractivity contribution is -0.141. The van der Waals surface area contributed by atoms with E-state index in [9.17, 15) is 14.4 Å². The average Bonchev–Trinajstić information content (AvgIpc) is 2.45. The van der Waals surface area contributed by atoms with Crippen molar-refractivity contribution in [2.24, 2.45) is 0 Å². The van der Waals surface area contributed by atoms with Crippen molar-refractivity contribution in [1.29, 1.82) is 0 Å². The van der Waals surface area contributed by atoms with Crippen molar-refractivity contribution in [3.8, 4) is 0 Å². The zero-order valence-corrected chi connectivity index (χ0v) is 14.4. The van der Waals surface area contributed by atoms with E-state index in [0.717, 1.165) is 0 Å². The molecule has 0 aromatic carbocycles. The molecule has 2 heterocycles. The fourth-order valence-electron chi connectivity index (χ4n) is 2.57. The number of carboxylic acid groups (broad SMARTS) is 1. The molecule has 1 amide bonds. The molecule has 1 fully saturated rings. The number of hydrogen-bond acceptors (Lipinski definition) is 5. The fraction of sp³-hybridized carbons (Fsp3) is 0.625. The molecule has 132 valence electrons. The van der Waals surface area contributed by atoms with Crippen LogP contribution in [0, 0.1) is 6.92 Å². The second-order valence-electron chi connectivity index (χ2n) is 6.97. The minimum absolute atomic E-state index is 0.000949. The zero-order chi connectivity index (χ0) is 18.1.